The third kappa shape index (κ3) is 11.4. The minimum absolute atomic E-state index is 0.0576. The van der Waals surface area contributed by atoms with E-state index in [4.69, 9.17) is 32.7 Å². The van der Waals surface area contributed by atoms with Crippen molar-refractivity contribution in [1.29, 1.82) is 0 Å². The fraction of sp³-hybridized carbons (Fsp3) is 0.594. The molecule has 3 rings (SSSR count). The summed E-state index contributed by atoms with van der Waals surface area (Å²) >= 11 is 0. The zero-order chi connectivity index (χ0) is 39.1. The summed E-state index contributed by atoms with van der Waals surface area (Å²) in [6, 6.07) is 6.51. The monoisotopic (exact) mass is 758 g/mol. The number of imide groups is 1. The number of carbonyl (C=O) groups is 6. The molecule has 0 aliphatic carbocycles. The number of hydrogen-bond donors (Lipinski definition) is 3. The maximum atomic E-state index is 14.7. The second kappa shape index (κ2) is 17.0. The van der Waals surface area contributed by atoms with Crippen LogP contribution in [0.5, 0.6) is 5.75 Å². The average Bonchev–Trinajstić information content (AvgIpc) is 3.26. The van der Waals surface area contributed by atoms with E-state index in [1.807, 2.05) is 0 Å². The molecule has 1 aromatic rings. The van der Waals surface area contributed by atoms with Gasteiger partial charge in [-0.1, -0.05) is 18.2 Å². The minimum Gasteiger partial charge on any atom is -0.427 e. The highest BCUT2D eigenvalue weighted by Gasteiger charge is 2.58. The van der Waals surface area contributed by atoms with Gasteiger partial charge in [0.25, 0.3) is 0 Å². The smallest absolute Gasteiger partial charge is 0.427 e. The highest BCUT2D eigenvalue weighted by Crippen LogP contribution is 2.52. The van der Waals surface area contributed by atoms with Gasteiger partial charge in [-0.25, -0.2) is 9.36 Å². The largest absolute Gasteiger partial charge is 0.500 e. The number of aliphatic hydroxyl groups excluding tert-OH is 1. The van der Waals surface area contributed by atoms with Crippen LogP contribution in [0.25, 0.3) is 0 Å². The third-order valence-corrected chi connectivity index (χ3v) is 9.23. The normalized spacial score (nSPS) is 23.2. The quantitative estimate of drug-likeness (QED) is 0.0986. The van der Waals surface area contributed by atoms with Gasteiger partial charge < -0.3 is 38.4 Å². The van der Waals surface area contributed by atoms with Gasteiger partial charge in [-0.15, -0.1) is 0 Å². The van der Waals surface area contributed by atoms with E-state index in [0.717, 1.165) is 17.7 Å². The predicted octanol–water partition coefficient (Wildman–Crippen LogP) is 1.23. The highest BCUT2D eigenvalue weighted by molar-refractivity contribution is 7.51. The number of carbonyl (C=O) groups excluding carboxylic acids is 6. The van der Waals surface area contributed by atoms with Crippen molar-refractivity contribution in [3.05, 3.63) is 30.3 Å². The van der Waals surface area contributed by atoms with Gasteiger partial charge in [0, 0.05) is 0 Å². The molecule has 0 aromatic heterocycles. The first kappa shape index (κ1) is 42.2. The fourth-order valence-electron chi connectivity index (χ4n) is 4.38. The molecule has 3 N–H and O–H groups in total. The molecule has 1 fully saturated rings. The number of aliphatic hydroxyl groups is 2. The lowest BCUT2D eigenvalue weighted by molar-refractivity contribution is -0.546. The summed E-state index contributed by atoms with van der Waals surface area (Å²) in [4.78, 5) is 74.3. The lowest BCUT2D eigenvalue weighted by Gasteiger charge is -2.30. The highest BCUT2D eigenvalue weighted by atomic mass is 31.2. The topological polar surface area (TPSA) is 243 Å². The SMILES string of the molecule is CC(C)(C)C(=O)OCOC(=O)CN(CC(=O)OCOC(=O)C(C)(C)C)[P@@](=O)(OC[C@H]1O[C@@H]([N+]2=CCC(=O)NC2=O)[C@](C)(O)[C@@H]1O)Oc1ccccc1. The third-order valence-electron chi connectivity index (χ3n) is 7.34. The molecular weight excluding hydrogens is 713 g/mol. The molecule has 1 aromatic carbocycles. The molecule has 288 valence electrons. The van der Waals surface area contributed by atoms with Crippen LogP contribution in [0.3, 0.4) is 0 Å². The molecular formula is C32H45N3O16P+. The lowest BCUT2D eigenvalue weighted by Crippen LogP contribution is -2.55. The number of para-hydroxylation sites is 1. The molecule has 0 bridgehead atoms. The Labute approximate surface area is 299 Å². The van der Waals surface area contributed by atoms with E-state index in [0.29, 0.717) is 4.67 Å². The zero-order valence-electron chi connectivity index (χ0n) is 29.9. The van der Waals surface area contributed by atoms with Crippen molar-refractivity contribution in [2.45, 2.75) is 78.9 Å². The summed E-state index contributed by atoms with van der Waals surface area (Å²) in [5, 5.41) is 24.2. The second-order valence-corrected chi connectivity index (χ2v) is 15.9. The van der Waals surface area contributed by atoms with Gasteiger partial charge in [-0.2, -0.15) is 19.4 Å². The van der Waals surface area contributed by atoms with Crippen LogP contribution in [0.15, 0.2) is 30.3 Å². The van der Waals surface area contributed by atoms with Crippen LogP contribution < -0.4 is 9.84 Å². The average molecular weight is 759 g/mol. The summed E-state index contributed by atoms with van der Waals surface area (Å²) in [5.41, 5.74) is -3.99. The van der Waals surface area contributed by atoms with E-state index in [2.05, 4.69) is 5.32 Å². The summed E-state index contributed by atoms with van der Waals surface area (Å²) < 4.78 is 53.2. The van der Waals surface area contributed by atoms with Crippen LogP contribution in [-0.2, 0) is 56.7 Å². The van der Waals surface area contributed by atoms with Crippen LogP contribution in [0, 0.1) is 10.8 Å². The molecule has 0 unspecified atom stereocenters. The van der Waals surface area contributed by atoms with Crippen molar-refractivity contribution >= 4 is 49.8 Å². The molecule has 3 amide bonds. The number of hydrogen-bond acceptors (Lipinski definition) is 16. The summed E-state index contributed by atoms with van der Waals surface area (Å²) in [6.45, 7) is 6.16. The first-order chi connectivity index (χ1) is 24.0. The van der Waals surface area contributed by atoms with Crippen LogP contribution in [0.2, 0.25) is 0 Å². The van der Waals surface area contributed by atoms with E-state index < -0.39 is 112 Å². The van der Waals surface area contributed by atoms with E-state index in [-0.39, 0.29) is 12.2 Å². The first-order valence-corrected chi connectivity index (χ1v) is 17.5. The van der Waals surface area contributed by atoms with Crippen molar-refractivity contribution in [1.82, 2.24) is 9.99 Å². The Bertz CT molecular complexity index is 1540. The number of benzene rings is 1. The second-order valence-electron chi connectivity index (χ2n) is 14.0. The maximum Gasteiger partial charge on any atom is 0.500 e. The molecule has 20 heteroatoms. The van der Waals surface area contributed by atoms with Gasteiger partial charge in [-0.3, -0.25) is 23.7 Å². The van der Waals surface area contributed by atoms with Gasteiger partial charge in [-0.05, 0) is 60.6 Å². The van der Waals surface area contributed by atoms with Gasteiger partial charge in [0.2, 0.25) is 19.8 Å². The Kier molecular flexibility index (Phi) is 13.8. The van der Waals surface area contributed by atoms with E-state index >= 15 is 0 Å². The molecule has 52 heavy (non-hydrogen) atoms. The first-order valence-electron chi connectivity index (χ1n) is 16.0. The molecule has 0 radical (unpaired) electrons. The van der Waals surface area contributed by atoms with Crippen molar-refractivity contribution in [3.8, 4) is 5.75 Å². The molecule has 2 aliphatic heterocycles. The number of nitrogens with zero attached hydrogens (tertiary/aromatic N) is 2. The van der Waals surface area contributed by atoms with Crippen molar-refractivity contribution < 1.29 is 80.9 Å². The Hall–Kier alpha value is -4.26. The Morgan fingerprint density at radius 3 is 1.94 bits per heavy atom. The number of amides is 3. The van der Waals surface area contributed by atoms with Gasteiger partial charge in [0.05, 0.1) is 23.7 Å². The molecule has 0 spiro atoms. The van der Waals surface area contributed by atoms with Crippen LogP contribution in [0.4, 0.5) is 4.79 Å². The lowest BCUT2D eigenvalue weighted by atomic mass is 9.96. The van der Waals surface area contributed by atoms with E-state index in [1.54, 1.807) is 47.6 Å². The number of nitrogens with one attached hydrogen (secondary N) is 1. The van der Waals surface area contributed by atoms with Gasteiger partial charge in [0.15, 0.2) is 5.60 Å². The van der Waals surface area contributed by atoms with Crippen molar-refractivity contribution in [3.63, 3.8) is 0 Å². The Morgan fingerprint density at radius 2 is 1.46 bits per heavy atom. The summed E-state index contributed by atoms with van der Waals surface area (Å²) in [5.74, 6) is -4.36. The maximum absolute atomic E-state index is 14.7. The number of esters is 4. The molecule has 19 nitrogen and oxygen atoms in total. The molecule has 2 aliphatic rings. The number of rotatable bonds is 15. The Balaban J connectivity index is 1.88. The zero-order valence-corrected chi connectivity index (χ0v) is 30.8. The molecule has 1 saturated heterocycles. The number of urea groups is 1. The predicted molar refractivity (Wildman–Crippen MR) is 175 cm³/mol. The molecule has 2 heterocycles. The molecule has 5 atom stereocenters. The van der Waals surface area contributed by atoms with Crippen LogP contribution >= 0.6 is 7.75 Å². The standard InChI is InChI=1S/C32H44N3O16P/c1-30(2,3)27(40)47-18-45-23(37)15-34(16-24(38)46-19-48-28(41)31(4,5)6)52(44,51-20-11-9-8-10-12-20)49-17-21-25(39)32(7,43)26(50-21)35-14-13-22(36)33-29(35)42/h8-12,14,21,25-26,39,43H,13,15-19H2,1-7H3/p+1/t21-,25-,26-,32-,52-/m1/s1. The Morgan fingerprint density at radius 1 is 0.942 bits per heavy atom. The molecule has 0 saturated carbocycles. The summed E-state index contributed by atoms with van der Waals surface area (Å²) in [7, 11) is -4.91. The van der Waals surface area contributed by atoms with E-state index in [9.17, 15) is 43.5 Å². The number of ether oxygens (including phenoxy) is 5. The van der Waals surface area contributed by atoms with E-state index in [1.165, 1.54) is 24.3 Å². The van der Waals surface area contributed by atoms with Crippen molar-refractivity contribution in [2.75, 3.05) is 33.3 Å². The minimum atomic E-state index is -4.91. The van der Waals surface area contributed by atoms with Crippen LogP contribution in [-0.4, -0.2) is 119 Å². The van der Waals surface area contributed by atoms with Gasteiger partial charge in [0.1, 0.15) is 37.5 Å². The summed E-state index contributed by atoms with van der Waals surface area (Å²) in [6.07, 6.45) is -3.88. The van der Waals surface area contributed by atoms with Gasteiger partial charge >= 0.3 is 43.6 Å². The van der Waals surface area contributed by atoms with Crippen molar-refractivity contribution in [2.24, 2.45) is 10.8 Å². The fourth-order valence-corrected chi connectivity index (χ4v) is 6.01. The van der Waals surface area contributed by atoms with Crippen LogP contribution in [0.1, 0.15) is 54.9 Å².